The molecule has 0 aliphatic rings. The molecular formula is C8H9N2O2. The van der Waals surface area contributed by atoms with E-state index < -0.39 is 5.91 Å². The summed E-state index contributed by atoms with van der Waals surface area (Å²) in [4.78, 5) is 10.4. The van der Waals surface area contributed by atoms with Crippen molar-refractivity contribution < 1.29 is 9.52 Å². The number of aromatic nitrogens is 1. The topological polar surface area (TPSA) is 70.0 Å². The van der Waals surface area contributed by atoms with Gasteiger partial charge in [0.1, 0.15) is 0 Å². The van der Waals surface area contributed by atoms with Crippen LogP contribution in [-0.4, -0.2) is 5.91 Å². The third-order valence-electron chi connectivity index (χ3n) is 1.37. The number of hydrogen-bond acceptors (Lipinski definition) is 2. The van der Waals surface area contributed by atoms with E-state index in [2.05, 4.69) is 0 Å². The lowest BCUT2D eigenvalue weighted by Crippen LogP contribution is -2.30. The van der Waals surface area contributed by atoms with Crippen LogP contribution in [0.25, 0.3) is 0 Å². The number of primary amides is 1. The number of rotatable bonds is 3. The average molecular weight is 165 g/mol. The summed E-state index contributed by atoms with van der Waals surface area (Å²) in [6.45, 7) is 0. The Hall–Kier alpha value is -1.58. The molecule has 0 aliphatic heterocycles. The number of amides is 1. The lowest BCUT2D eigenvalue weighted by molar-refractivity contribution is -0.610. The highest BCUT2D eigenvalue weighted by molar-refractivity contribution is 5.75. The highest BCUT2D eigenvalue weighted by Gasteiger charge is 2.05. The van der Waals surface area contributed by atoms with Gasteiger partial charge in [-0.3, -0.25) is 4.79 Å². The maximum atomic E-state index is 11.0. The Kier molecular flexibility index (Phi) is 2.63. The maximum Gasteiger partial charge on any atom is 0.218 e. The van der Waals surface area contributed by atoms with Crippen molar-refractivity contribution in [2.45, 2.75) is 6.42 Å². The van der Waals surface area contributed by atoms with Gasteiger partial charge in [-0.05, 0) is 0 Å². The summed E-state index contributed by atoms with van der Waals surface area (Å²) in [5.41, 5.74) is 5.35. The van der Waals surface area contributed by atoms with E-state index >= 15 is 0 Å². The van der Waals surface area contributed by atoms with Gasteiger partial charge < -0.3 is 10.9 Å². The molecule has 1 radical (unpaired) electrons. The first-order valence-corrected chi connectivity index (χ1v) is 3.50. The first kappa shape index (κ1) is 8.52. The summed E-state index contributed by atoms with van der Waals surface area (Å²) >= 11 is 0. The van der Waals surface area contributed by atoms with Crippen molar-refractivity contribution in [3.8, 4) is 0 Å². The molecule has 0 unspecified atom stereocenters. The molecule has 1 rings (SSSR count). The van der Waals surface area contributed by atoms with Gasteiger partial charge >= 0.3 is 0 Å². The molecule has 1 aromatic heterocycles. The largest absolute Gasteiger partial charge is 0.618 e. The first-order valence-electron chi connectivity index (χ1n) is 3.50. The molecule has 0 saturated heterocycles. The Morgan fingerprint density at radius 3 is 3.00 bits per heavy atom. The second-order valence-corrected chi connectivity index (χ2v) is 2.33. The van der Waals surface area contributed by atoms with Crippen LogP contribution in [-0.2, 0) is 4.79 Å². The number of carbonyl (C=O) groups is 1. The zero-order chi connectivity index (χ0) is 8.97. The van der Waals surface area contributed by atoms with Gasteiger partial charge in [0.15, 0.2) is 11.9 Å². The van der Waals surface area contributed by atoms with Crippen LogP contribution in [0.2, 0.25) is 0 Å². The molecule has 0 atom stereocenters. The van der Waals surface area contributed by atoms with Gasteiger partial charge in [0.25, 0.3) is 0 Å². The summed E-state index contributed by atoms with van der Waals surface area (Å²) in [5, 5.41) is 11.0. The zero-order valence-electron chi connectivity index (χ0n) is 6.43. The minimum absolute atomic E-state index is 0.0895. The summed E-state index contributed by atoms with van der Waals surface area (Å²) < 4.78 is 0.683. The molecule has 4 nitrogen and oxygen atoms in total. The highest BCUT2D eigenvalue weighted by atomic mass is 16.5. The Morgan fingerprint density at radius 2 is 2.42 bits per heavy atom. The lowest BCUT2D eigenvalue weighted by Gasteiger charge is -2.00. The van der Waals surface area contributed by atoms with Gasteiger partial charge in [-0.2, -0.15) is 4.73 Å². The smallest absolute Gasteiger partial charge is 0.218 e. The van der Waals surface area contributed by atoms with Crippen molar-refractivity contribution in [1.29, 1.82) is 0 Å². The second kappa shape index (κ2) is 3.71. The molecule has 0 saturated carbocycles. The summed E-state index contributed by atoms with van der Waals surface area (Å²) in [5.74, 6) is -0.446. The Morgan fingerprint density at radius 1 is 1.67 bits per heavy atom. The van der Waals surface area contributed by atoms with Crippen LogP contribution in [0.15, 0.2) is 24.4 Å². The highest BCUT2D eigenvalue weighted by Crippen LogP contribution is 1.97. The van der Waals surface area contributed by atoms with Gasteiger partial charge in [-0.25, -0.2) is 0 Å². The van der Waals surface area contributed by atoms with Crippen molar-refractivity contribution in [3.05, 3.63) is 41.7 Å². The van der Waals surface area contributed by atoms with Crippen LogP contribution in [0, 0.1) is 11.6 Å². The molecule has 0 aromatic carbocycles. The minimum Gasteiger partial charge on any atom is -0.618 e. The third kappa shape index (κ3) is 2.23. The number of pyridine rings is 1. The first-order chi connectivity index (χ1) is 5.70. The molecule has 4 heteroatoms. The Balaban J connectivity index is 2.63. The van der Waals surface area contributed by atoms with Crippen molar-refractivity contribution in [2.75, 3.05) is 0 Å². The van der Waals surface area contributed by atoms with Gasteiger partial charge in [0, 0.05) is 18.6 Å². The monoisotopic (exact) mass is 165 g/mol. The third-order valence-corrected chi connectivity index (χ3v) is 1.37. The molecule has 1 aromatic rings. The van der Waals surface area contributed by atoms with E-state index in [-0.39, 0.29) is 6.42 Å². The molecule has 0 aliphatic carbocycles. The SMILES string of the molecule is NC(=O)C[CH]c1cccc[n+]1[O-]. The van der Waals surface area contributed by atoms with Crippen LogP contribution in [0.4, 0.5) is 0 Å². The van der Waals surface area contributed by atoms with E-state index in [4.69, 9.17) is 5.73 Å². The number of nitrogens with zero attached hydrogens (tertiary/aromatic N) is 1. The van der Waals surface area contributed by atoms with E-state index in [1.54, 1.807) is 18.2 Å². The van der Waals surface area contributed by atoms with Crippen LogP contribution in [0.3, 0.4) is 0 Å². The van der Waals surface area contributed by atoms with Crippen molar-refractivity contribution in [3.63, 3.8) is 0 Å². The quantitative estimate of drug-likeness (QED) is 0.495. The van der Waals surface area contributed by atoms with Crippen LogP contribution >= 0.6 is 0 Å². The van der Waals surface area contributed by atoms with E-state index in [9.17, 15) is 10.0 Å². The van der Waals surface area contributed by atoms with E-state index in [0.29, 0.717) is 10.4 Å². The fourth-order valence-corrected chi connectivity index (χ4v) is 0.805. The molecule has 12 heavy (non-hydrogen) atoms. The normalized spacial score (nSPS) is 9.67. The standard InChI is InChI=1S/C8H9N2O2/c9-8(11)5-4-7-3-1-2-6-10(7)12/h1-4,6H,5H2,(H2,9,11). The van der Waals surface area contributed by atoms with Gasteiger partial charge in [-0.1, -0.05) is 6.07 Å². The van der Waals surface area contributed by atoms with Crippen LogP contribution in [0.1, 0.15) is 12.1 Å². The Labute approximate surface area is 70.2 Å². The molecule has 0 fully saturated rings. The van der Waals surface area contributed by atoms with Crippen molar-refractivity contribution in [2.24, 2.45) is 5.73 Å². The molecule has 2 N–H and O–H groups in total. The molecule has 63 valence electrons. The summed E-state index contributed by atoms with van der Waals surface area (Å²) in [7, 11) is 0. The minimum atomic E-state index is -0.446. The summed E-state index contributed by atoms with van der Waals surface area (Å²) in [6, 6.07) is 4.96. The predicted molar refractivity (Wildman–Crippen MR) is 42.6 cm³/mol. The van der Waals surface area contributed by atoms with E-state index in [1.165, 1.54) is 12.6 Å². The van der Waals surface area contributed by atoms with Crippen LogP contribution in [0.5, 0.6) is 0 Å². The zero-order valence-corrected chi connectivity index (χ0v) is 6.43. The number of carbonyl (C=O) groups excluding carboxylic acids is 1. The van der Waals surface area contributed by atoms with Gasteiger partial charge in [0.05, 0.1) is 6.42 Å². The molecular weight excluding hydrogens is 156 g/mol. The van der Waals surface area contributed by atoms with Crippen molar-refractivity contribution >= 4 is 5.91 Å². The number of nitrogens with two attached hydrogens (primary N) is 1. The van der Waals surface area contributed by atoms with Crippen molar-refractivity contribution in [1.82, 2.24) is 0 Å². The van der Waals surface area contributed by atoms with Crippen LogP contribution < -0.4 is 10.5 Å². The van der Waals surface area contributed by atoms with Gasteiger partial charge in [-0.15, -0.1) is 0 Å². The number of hydrogen-bond donors (Lipinski definition) is 1. The Bertz CT molecular complexity index is 286. The van der Waals surface area contributed by atoms with Gasteiger partial charge in [0.2, 0.25) is 5.91 Å². The molecule has 0 bridgehead atoms. The molecule has 1 amide bonds. The fraction of sp³-hybridized carbons (Fsp3) is 0.125. The summed E-state index contributed by atoms with van der Waals surface area (Å²) in [6.07, 6.45) is 2.95. The van der Waals surface area contributed by atoms with E-state index in [1.807, 2.05) is 0 Å². The second-order valence-electron chi connectivity index (χ2n) is 2.33. The maximum absolute atomic E-state index is 11.0. The molecule has 1 heterocycles. The van der Waals surface area contributed by atoms with E-state index in [0.717, 1.165) is 0 Å². The fourth-order valence-electron chi connectivity index (χ4n) is 0.805. The molecule has 0 spiro atoms. The predicted octanol–water partition coefficient (Wildman–Crippen LogP) is -0.252. The average Bonchev–Trinajstić information content (AvgIpc) is 2.03. The lowest BCUT2D eigenvalue weighted by atomic mass is 10.2.